The number of hydrogen-bond donors (Lipinski definition) is 3. The molecule has 1 atom stereocenters. The summed E-state index contributed by atoms with van der Waals surface area (Å²) in [5.41, 5.74) is 19.9. The van der Waals surface area contributed by atoms with Crippen molar-refractivity contribution in [3.63, 3.8) is 0 Å². The molecular weight excluding hydrogens is 622 g/mol. The second-order valence-electron chi connectivity index (χ2n) is 9.24. The molecule has 4 rings (SSSR count). The normalized spacial score (nSPS) is 11.3. The van der Waals surface area contributed by atoms with E-state index in [4.69, 9.17) is 38.3 Å². The lowest BCUT2D eigenvalue weighted by molar-refractivity contribution is -0.146. The molecule has 4 aromatic rings. The maximum absolute atomic E-state index is 11.9. The van der Waals surface area contributed by atoms with E-state index < -0.39 is 17.9 Å². The number of nitrogen functional groups attached to an aromatic ring is 1. The number of nitrogens with zero attached hydrogens (tertiary/aromatic N) is 4. The molecule has 6 N–H and O–H groups in total. The Morgan fingerprint density at radius 3 is 2.34 bits per heavy atom. The Balaban J connectivity index is 1.44. The molecule has 0 aliphatic rings. The highest BCUT2D eigenvalue weighted by molar-refractivity contribution is 7.98. The van der Waals surface area contributed by atoms with Gasteiger partial charge in [0.05, 0.1) is 11.3 Å². The van der Waals surface area contributed by atoms with E-state index in [1.165, 1.54) is 23.1 Å². The molecule has 0 aliphatic heterocycles. The topological polar surface area (TPSA) is 204 Å². The fraction of sp³-hybridized carbons (Fsp3) is 0.200. The number of halogens is 1. The lowest BCUT2D eigenvalue weighted by Gasteiger charge is -2.14. The molecule has 0 unspecified atom stereocenters. The molecular formula is C30H26ClN7O4S2. The molecule has 0 aliphatic carbocycles. The van der Waals surface area contributed by atoms with Gasteiger partial charge in [-0.3, -0.25) is 9.59 Å². The number of hydrogen-bond acceptors (Lipinski definition) is 12. The van der Waals surface area contributed by atoms with Crippen LogP contribution in [0.3, 0.4) is 0 Å². The lowest BCUT2D eigenvalue weighted by Crippen LogP contribution is -2.34. The van der Waals surface area contributed by atoms with Crippen molar-refractivity contribution in [1.82, 2.24) is 9.97 Å². The Labute approximate surface area is 266 Å². The van der Waals surface area contributed by atoms with Gasteiger partial charge < -0.3 is 26.7 Å². The number of ether oxygens (including phenoxy) is 2. The Morgan fingerprint density at radius 2 is 1.68 bits per heavy atom. The smallest absolute Gasteiger partial charge is 0.323 e. The second kappa shape index (κ2) is 15.2. The van der Waals surface area contributed by atoms with Gasteiger partial charge in [0, 0.05) is 33.7 Å². The summed E-state index contributed by atoms with van der Waals surface area (Å²) in [5.74, 6) is -0.284. The summed E-state index contributed by atoms with van der Waals surface area (Å²) in [7, 11) is 0. The molecule has 1 amide bonds. The van der Waals surface area contributed by atoms with Crippen LogP contribution in [0.2, 0.25) is 5.02 Å². The third-order valence-corrected chi connectivity index (χ3v) is 8.36. The van der Waals surface area contributed by atoms with Gasteiger partial charge in [0.2, 0.25) is 5.91 Å². The van der Waals surface area contributed by atoms with Crippen LogP contribution in [-0.4, -0.2) is 41.1 Å². The molecule has 14 heteroatoms. The number of primary amides is 1. The van der Waals surface area contributed by atoms with Crippen LogP contribution >= 0.6 is 34.7 Å². The van der Waals surface area contributed by atoms with E-state index in [1.54, 1.807) is 36.4 Å². The van der Waals surface area contributed by atoms with Gasteiger partial charge in [-0.05, 0) is 36.2 Å². The van der Waals surface area contributed by atoms with Gasteiger partial charge in [0.1, 0.15) is 58.6 Å². The lowest BCUT2D eigenvalue weighted by atomic mass is 9.97. The number of anilines is 1. The van der Waals surface area contributed by atoms with E-state index in [1.807, 2.05) is 17.5 Å². The van der Waals surface area contributed by atoms with Gasteiger partial charge in [0.15, 0.2) is 0 Å². The number of nitrogens with two attached hydrogens (primary N) is 3. The Morgan fingerprint density at radius 1 is 1.00 bits per heavy atom. The van der Waals surface area contributed by atoms with Crippen LogP contribution < -0.4 is 21.9 Å². The maximum Gasteiger partial charge on any atom is 0.323 e. The number of aromatic nitrogens is 2. The van der Waals surface area contributed by atoms with E-state index in [2.05, 4.69) is 22.1 Å². The highest BCUT2D eigenvalue weighted by Gasteiger charge is 2.21. The first-order valence-corrected chi connectivity index (χ1v) is 15.3. The molecule has 2 heterocycles. The number of carbonyl (C=O) groups excluding carboxylic acids is 2. The number of amides is 1. The number of thioether (sulfide) groups is 1. The van der Waals surface area contributed by atoms with Crippen LogP contribution in [0.1, 0.15) is 29.7 Å². The van der Waals surface area contributed by atoms with Crippen molar-refractivity contribution in [2.45, 2.75) is 29.7 Å². The van der Waals surface area contributed by atoms with Crippen molar-refractivity contribution in [1.29, 1.82) is 10.5 Å². The molecule has 0 bridgehead atoms. The SMILES string of the molecule is N#Cc1c(N)nc(SCc2csc(-c3ccc(Cl)cc3)n2)c(C#N)c1-c1ccc(OCCOC(=O)[C@@H](N)CCC(N)=O)cc1. The largest absolute Gasteiger partial charge is 0.490 e. The number of thiazole rings is 1. The van der Waals surface area contributed by atoms with Crippen molar-refractivity contribution in [2.75, 3.05) is 18.9 Å². The fourth-order valence-corrected chi connectivity index (χ4v) is 5.92. The molecule has 2 aromatic heterocycles. The number of nitriles is 2. The van der Waals surface area contributed by atoms with Gasteiger partial charge in [-0.15, -0.1) is 11.3 Å². The van der Waals surface area contributed by atoms with Crippen molar-refractivity contribution in [2.24, 2.45) is 11.5 Å². The first-order chi connectivity index (χ1) is 21.2. The summed E-state index contributed by atoms with van der Waals surface area (Å²) in [5, 5.41) is 23.8. The van der Waals surface area contributed by atoms with Gasteiger partial charge in [-0.2, -0.15) is 10.5 Å². The molecule has 0 saturated heterocycles. The van der Waals surface area contributed by atoms with Gasteiger partial charge in [-0.1, -0.05) is 47.6 Å². The van der Waals surface area contributed by atoms with Gasteiger partial charge >= 0.3 is 5.97 Å². The summed E-state index contributed by atoms with van der Waals surface area (Å²) >= 11 is 8.79. The maximum atomic E-state index is 11.9. The Kier molecular flexibility index (Phi) is 11.1. The summed E-state index contributed by atoms with van der Waals surface area (Å²) < 4.78 is 10.7. The van der Waals surface area contributed by atoms with Crippen LogP contribution in [0.25, 0.3) is 21.7 Å². The zero-order chi connectivity index (χ0) is 31.6. The van der Waals surface area contributed by atoms with E-state index >= 15 is 0 Å². The minimum Gasteiger partial charge on any atom is -0.490 e. The number of esters is 1. The highest BCUT2D eigenvalue weighted by Crippen LogP contribution is 2.37. The quantitative estimate of drug-likeness (QED) is 0.103. The van der Waals surface area contributed by atoms with E-state index in [0.29, 0.717) is 32.7 Å². The van der Waals surface area contributed by atoms with Crippen LogP contribution in [0.4, 0.5) is 5.82 Å². The predicted octanol–water partition coefficient (Wildman–Crippen LogP) is 4.66. The first-order valence-electron chi connectivity index (χ1n) is 13.1. The molecule has 0 radical (unpaired) electrons. The van der Waals surface area contributed by atoms with E-state index in [9.17, 15) is 20.1 Å². The van der Waals surface area contributed by atoms with Crippen LogP contribution in [-0.2, 0) is 20.1 Å². The molecule has 0 saturated carbocycles. The molecule has 11 nitrogen and oxygen atoms in total. The zero-order valence-electron chi connectivity index (χ0n) is 23.2. The Bertz CT molecular complexity index is 1730. The predicted molar refractivity (Wildman–Crippen MR) is 168 cm³/mol. The fourth-order valence-electron chi connectivity index (χ4n) is 3.97. The van der Waals surface area contributed by atoms with Crippen LogP contribution in [0.15, 0.2) is 58.9 Å². The summed E-state index contributed by atoms with van der Waals surface area (Å²) in [6.07, 6.45) is 0.0863. The van der Waals surface area contributed by atoms with Crippen molar-refractivity contribution < 1.29 is 19.1 Å². The average Bonchev–Trinajstić information content (AvgIpc) is 3.50. The minimum absolute atomic E-state index is 0.0127. The monoisotopic (exact) mass is 647 g/mol. The number of carbonyl (C=O) groups is 2. The first kappa shape index (κ1) is 32.3. The Hall–Kier alpha value is -4.66. The summed E-state index contributed by atoms with van der Waals surface area (Å²) in [6, 6.07) is 17.5. The van der Waals surface area contributed by atoms with E-state index in [0.717, 1.165) is 16.3 Å². The number of pyridine rings is 1. The third kappa shape index (κ3) is 8.24. The van der Waals surface area contributed by atoms with Crippen LogP contribution in [0, 0.1) is 22.7 Å². The molecule has 2 aromatic carbocycles. The number of benzene rings is 2. The summed E-state index contributed by atoms with van der Waals surface area (Å²) in [6.45, 7) is 0.00350. The van der Waals surface area contributed by atoms with E-state index in [-0.39, 0.29) is 43.0 Å². The van der Waals surface area contributed by atoms with Crippen molar-refractivity contribution in [3.05, 3.63) is 75.8 Å². The zero-order valence-corrected chi connectivity index (χ0v) is 25.5. The van der Waals surface area contributed by atoms with Crippen molar-refractivity contribution >= 4 is 52.4 Å². The van der Waals surface area contributed by atoms with Crippen LogP contribution in [0.5, 0.6) is 5.75 Å². The molecule has 0 fully saturated rings. The summed E-state index contributed by atoms with van der Waals surface area (Å²) in [4.78, 5) is 31.8. The van der Waals surface area contributed by atoms with Gasteiger partial charge in [0.25, 0.3) is 0 Å². The standard InChI is InChI=1S/C30H26ClN7O4S2/c31-19-5-1-18(2-6-19)28-37-20(15-43-28)16-44-29-23(14-33)26(22(13-32)27(36)38-29)17-3-7-21(8-4-17)41-11-12-42-30(40)24(34)9-10-25(35)39/h1-8,15,24H,9-12,16,34H2,(H2,35,39)(H2,36,38)/t24-/m0/s1. The van der Waals surface area contributed by atoms with Crippen molar-refractivity contribution in [3.8, 4) is 39.6 Å². The highest BCUT2D eigenvalue weighted by atomic mass is 35.5. The second-order valence-corrected chi connectivity index (χ2v) is 11.5. The molecule has 44 heavy (non-hydrogen) atoms. The van der Waals surface area contributed by atoms with Gasteiger partial charge in [-0.25, -0.2) is 9.97 Å². The molecule has 224 valence electrons. The molecule has 0 spiro atoms. The minimum atomic E-state index is -0.949. The average molecular weight is 648 g/mol. The third-order valence-electron chi connectivity index (χ3n) is 6.16. The number of rotatable bonds is 13.